The van der Waals surface area contributed by atoms with Gasteiger partial charge in [-0.3, -0.25) is 28.9 Å². The molecule has 4 atom stereocenters. The van der Waals surface area contributed by atoms with Crippen LogP contribution in [-0.2, 0) is 30.8 Å². The number of carbonyl (C=O) groups is 5. The molecular formula is C52H68N6O10S2. The molecule has 0 unspecified atom stereocenters. The Hall–Kier alpha value is -5.69. The maximum atomic E-state index is 14.1. The number of unbranched alkanes of at least 4 members (excludes halogenated alkanes) is 6. The van der Waals surface area contributed by atoms with Gasteiger partial charge in [0, 0.05) is 32.2 Å². The average Bonchev–Trinajstić information content (AvgIpc) is 4.00. The van der Waals surface area contributed by atoms with Crippen LogP contribution in [0.2, 0.25) is 0 Å². The minimum Gasteiger partial charge on any atom is -0.493 e. The van der Waals surface area contributed by atoms with Crippen LogP contribution < -0.4 is 25.4 Å². The molecule has 3 aromatic carbocycles. The van der Waals surface area contributed by atoms with Crippen molar-refractivity contribution in [2.24, 2.45) is 5.41 Å². The highest BCUT2D eigenvalue weighted by molar-refractivity contribution is 7.90. The highest BCUT2D eigenvalue weighted by Gasteiger charge is 2.45. The predicted octanol–water partition coefficient (Wildman–Crippen LogP) is 7.25. The second kappa shape index (κ2) is 23.9. The molecule has 1 saturated heterocycles. The van der Waals surface area contributed by atoms with E-state index in [1.807, 2.05) is 57.5 Å². The van der Waals surface area contributed by atoms with Gasteiger partial charge in [0.1, 0.15) is 15.9 Å². The SMILES string of the molecule is CCOc1cc([C@@H](CS(C)(=O)=O)N2C(=O)c3cccc(NC(=O)CCCCCCCCCN[C@H](C(=O)N4C[C@H](O)C[C@H]4C(=O)NCc4ccc(-c5scnc5C)cc4)C(C)(C)C)c3C2=O)ccc1OC. The lowest BCUT2D eigenvalue weighted by Crippen LogP contribution is -2.56. The zero-order valence-corrected chi connectivity index (χ0v) is 43.0. The van der Waals surface area contributed by atoms with Gasteiger partial charge in [-0.05, 0) is 79.6 Å². The molecule has 4 aromatic rings. The van der Waals surface area contributed by atoms with E-state index in [0.717, 1.165) is 71.4 Å². The van der Waals surface area contributed by atoms with Crippen LogP contribution in [0.3, 0.4) is 0 Å². The number of thiazole rings is 1. The molecular weight excluding hydrogens is 933 g/mol. The number of nitrogens with zero attached hydrogens (tertiary/aromatic N) is 3. The number of amides is 5. The smallest absolute Gasteiger partial charge is 0.264 e. The number of methoxy groups -OCH3 is 1. The largest absolute Gasteiger partial charge is 0.493 e. The zero-order chi connectivity index (χ0) is 50.8. The van der Waals surface area contributed by atoms with Crippen LogP contribution in [0.25, 0.3) is 10.4 Å². The lowest BCUT2D eigenvalue weighted by atomic mass is 9.85. The van der Waals surface area contributed by atoms with Crippen molar-refractivity contribution in [3.8, 4) is 21.9 Å². The summed E-state index contributed by atoms with van der Waals surface area (Å²) in [6.07, 6.45) is 6.74. The number of fused-ring (bicyclic) bond motifs is 1. The van der Waals surface area contributed by atoms with Crippen molar-refractivity contribution in [3.63, 3.8) is 0 Å². The third-order valence-electron chi connectivity index (χ3n) is 12.7. The van der Waals surface area contributed by atoms with Crippen molar-refractivity contribution < 1.29 is 47.0 Å². The van der Waals surface area contributed by atoms with E-state index in [4.69, 9.17) is 9.47 Å². The van der Waals surface area contributed by atoms with Crippen molar-refractivity contribution in [2.45, 2.75) is 123 Å². The molecule has 1 fully saturated rings. The van der Waals surface area contributed by atoms with Crippen molar-refractivity contribution in [2.75, 3.05) is 44.1 Å². The summed E-state index contributed by atoms with van der Waals surface area (Å²) in [7, 11) is -2.21. The third kappa shape index (κ3) is 13.6. The maximum Gasteiger partial charge on any atom is 0.264 e. The molecule has 16 nitrogen and oxygen atoms in total. The van der Waals surface area contributed by atoms with E-state index < -0.39 is 57.0 Å². The van der Waals surface area contributed by atoms with E-state index in [-0.39, 0.29) is 53.9 Å². The number of hydrogen-bond donors (Lipinski definition) is 4. The van der Waals surface area contributed by atoms with Crippen LogP contribution in [0, 0.1) is 12.3 Å². The van der Waals surface area contributed by atoms with Crippen LogP contribution in [0.1, 0.15) is 129 Å². The first kappa shape index (κ1) is 53.7. The second-order valence-corrected chi connectivity index (χ2v) is 22.3. The van der Waals surface area contributed by atoms with Gasteiger partial charge >= 0.3 is 0 Å². The van der Waals surface area contributed by atoms with Gasteiger partial charge in [0.25, 0.3) is 11.8 Å². The molecule has 3 heterocycles. The number of β-amino-alcohol motifs (C(OH)–C–C–N with tert-alkyl or cyclic N) is 1. The number of anilines is 1. The minimum atomic E-state index is -3.69. The van der Waals surface area contributed by atoms with Crippen LogP contribution in [-0.4, -0.2) is 115 Å². The standard InChI is InChI=1S/C52H68N6O10S2/c1-8-68-43-27-36(24-25-42(43)67-6)41(31-70(7,65)66)58-49(62)38-17-16-18-39(45(38)50(58)63)56-44(60)19-14-12-10-9-11-13-15-26-53-47(52(3,4)5)51(64)57-30-37(59)28-40(57)48(61)54-29-34-20-22-35(23-21-34)46-33(2)55-32-69-46/h16-18,20-25,27,32,37,40-41,47,53,59H,8-15,19,26,28-31H2,1-7H3,(H,54,61)(H,56,60)/t37-,40+,41-,47-/m1/s1. The van der Waals surface area contributed by atoms with Crippen molar-refractivity contribution in [1.82, 2.24) is 25.4 Å². The van der Waals surface area contributed by atoms with Crippen LogP contribution in [0.15, 0.2) is 66.2 Å². The summed E-state index contributed by atoms with van der Waals surface area (Å²) in [6, 6.07) is 14.9. The van der Waals surface area contributed by atoms with Gasteiger partial charge in [0.05, 0.1) is 70.6 Å². The first-order valence-electron chi connectivity index (χ1n) is 24.1. The summed E-state index contributed by atoms with van der Waals surface area (Å²) in [4.78, 5) is 76.4. The number of aliphatic hydroxyl groups excluding tert-OH is 1. The first-order chi connectivity index (χ1) is 33.3. The fraction of sp³-hybridized carbons (Fsp3) is 0.500. The molecule has 5 amide bonds. The molecule has 18 heteroatoms. The molecule has 4 N–H and O–H groups in total. The van der Waals surface area contributed by atoms with E-state index in [9.17, 15) is 37.5 Å². The average molecular weight is 1000 g/mol. The summed E-state index contributed by atoms with van der Waals surface area (Å²) in [6.45, 7) is 11.1. The fourth-order valence-corrected chi connectivity index (χ4v) is 10.8. The normalized spacial score (nSPS) is 16.8. The number of ether oxygens (including phenoxy) is 2. The lowest BCUT2D eigenvalue weighted by Gasteiger charge is -2.35. The molecule has 70 heavy (non-hydrogen) atoms. The number of aromatic nitrogens is 1. The number of imide groups is 1. The van der Waals surface area contributed by atoms with Crippen LogP contribution >= 0.6 is 11.3 Å². The Morgan fingerprint density at radius 3 is 2.29 bits per heavy atom. The van der Waals surface area contributed by atoms with Crippen molar-refractivity contribution in [3.05, 3.63) is 94.1 Å². The molecule has 0 radical (unpaired) electrons. The molecule has 2 aliphatic heterocycles. The van der Waals surface area contributed by atoms with E-state index in [1.165, 1.54) is 18.1 Å². The van der Waals surface area contributed by atoms with E-state index in [2.05, 4.69) is 20.9 Å². The molecule has 0 aliphatic carbocycles. The Balaban J connectivity index is 0.922. The summed E-state index contributed by atoms with van der Waals surface area (Å²) in [5.74, 6) is -1.91. The van der Waals surface area contributed by atoms with Gasteiger partial charge in [-0.2, -0.15) is 0 Å². The number of hydrogen-bond acceptors (Lipinski definition) is 13. The monoisotopic (exact) mass is 1000 g/mol. The summed E-state index contributed by atoms with van der Waals surface area (Å²) < 4.78 is 36.4. The number of carbonyl (C=O) groups excluding carboxylic acids is 5. The molecule has 0 spiro atoms. The first-order valence-corrected chi connectivity index (χ1v) is 27.0. The molecule has 378 valence electrons. The van der Waals surface area contributed by atoms with E-state index in [1.54, 1.807) is 48.6 Å². The number of benzene rings is 3. The highest BCUT2D eigenvalue weighted by Crippen LogP contribution is 2.39. The molecule has 0 bridgehead atoms. The Kier molecular flexibility index (Phi) is 18.4. The number of aryl methyl sites for hydroxylation is 1. The topological polar surface area (TPSA) is 214 Å². The van der Waals surface area contributed by atoms with Gasteiger partial charge in [-0.1, -0.05) is 89.3 Å². The van der Waals surface area contributed by atoms with Crippen molar-refractivity contribution >= 4 is 56.4 Å². The van der Waals surface area contributed by atoms with Crippen LogP contribution in [0.5, 0.6) is 11.5 Å². The second-order valence-electron chi connectivity index (χ2n) is 19.3. The molecule has 1 aromatic heterocycles. The Labute approximate surface area is 415 Å². The minimum absolute atomic E-state index is 0.0177. The number of sulfone groups is 1. The Bertz CT molecular complexity index is 2610. The number of likely N-dealkylation sites (tertiary alicyclic amines) is 1. The Morgan fingerprint density at radius 2 is 1.64 bits per heavy atom. The summed E-state index contributed by atoms with van der Waals surface area (Å²) in [5.41, 5.74) is 5.01. The van der Waals surface area contributed by atoms with Gasteiger partial charge < -0.3 is 35.4 Å². The van der Waals surface area contributed by atoms with E-state index >= 15 is 0 Å². The Morgan fingerprint density at radius 1 is 0.943 bits per heavy atom. The molecule has 0 saturated carbocycles. The third-order valence-corrected chi connectivity index (χ3v) is 14.6. The quantitative estimate of drug-likeness (QED) is 0.0404. The number of rotatable bonds is 24. The molecule has 6 rings (SSSR count). The van der Waals surface area contributed by atoms with Crippen LogP contribution in [0.4, 0.5) is 5.69 Å². The number of nitrogens with one attached hydrogen (secondary N) is 3. The van der Waals surface area contributed by atoms with Gasteiger partial charge in [0.15, 0.2) is 11.5 Å². The van der Waals surface area contributed by atoms with E-state index in [0.29, 0.717) is 43.2 Å². The molecule has 2 aliphatic rings. The van der Waals surface area contributed by atoms with Crippen molar-refractivity contribution in [1.29, 1.82) is 0 Å². The lowest BCUT2D eigenvalue weighted by molar-refractivity contribution is -0.142. The maximum absolute atomic E-state index is 14.1. The fourth-order valence-electron chi connectivity index (χ4n) is 9.12. The van der Waals surface area contributed by atoms with Gasteiger partial charge in [-0.15, -0.1) is 11.3 Å². The summed E-state index contributed by atoms with van der Waals surface area (Å²) in [5, 5.41) is 19.9. The highest BCUT2D eigenvalue weighted by atomic mass is 32.2. The number of aliphatic hydroxyl groups is 1. The summed E-state index contributed by atoms with van der Waals surface area (Å²) >= 11 is 1.58. The van der Waals surface area contributed by atoms with Gasteiger partial charge in [0.2, 0.25) is 17.7 Å². The van der Waals surface area contributed by atoms with Gasteiger partial charge in [-0.25, -0.2) is 13.4 Å². The predicted molar refractivity (Wildman–Crippen MR) is 271 cm³/mol. The zero-order valence-electron chi connectivity index (χ0n) is 41.3.